The smallest absolute Gasteiger partial charge is 0.414 e. The van der Waals surface area contributed by atoms with Crippen LogP contribution in [0.4, 0.5) is 10.5 Å². The minimum absolute atomic E-state index is 0.0658. The molecule has 1 aromatic heterocycles. The largest absolute Gasteiger partial charge is 0.481 e. The Hall–Kier alpha value is -3.55. The Bertz CT molecular complexity index is 1120. The van der Waals surface area contributed by atoms with Gasteiger partial charge in [0.05, 0.1) is 35.6 Å². The molecule has 172 valence electrons. The van der Waals surface area contributed by atoms with E-state index in [2.05, 4.69) is 20.2 Å². The highest BCUT2D eigenvalue weighted by molar-refractivity contribution is 6.47. The summed E-state index contributed by atoms with van der Waals surface area (Å²) >= 11 is 12.6. The fourth-order valence-electron chi connectivity index (χ4n) is 2.77. The van der Waals surface area contributed by atoms with E-state index in [-0.39, 0.29) is 28.1 Å². The van der Waals surface area contributed by atoms with E-state index in [9.17, 15) is 9.59 Å². The van der Waals surface area contributed by atoms with E-state index in [1.807, 2.05) is 11.4 Å². The minimum Gasteiger partial charge on any atom is -0.481 e. The van der Waals surface area contributed by atoms with Crippen molar-refractivity contribution in [2.75, 3.05) is 19.1 Å². The zero-order chi connectivity index (χ0) is 24.0. The van der Waals surface area contributed by atoms with Crippen LogP contribution in [-0.4, -0.2) is 36.4 Å². The normalized spacial score (nSPS) is 13.0. The lowest BCUT2D eigenvalue weighted by Crippen LogP contribution is -2.36. The maximum absolute atomic E-state index is 11.9. The van der Waals surface area contributed by atoms with E-state index in [0.29, 0.717) is 17.5 Å². The van der Waals surface area contributed by atoms with E-state index in [1.54, 1.807) is 20.1 Å². The van der Waals surface area contributed by atoms with Crippen LogP contribution in [0.5, 0.6) is 17.4 Å². The first-order valence-electron chi connectivity index (χ1n) is 9.79. The number of nitriles is 1. The quantitative estimate of drug-likeness (QED) is 0.402. The lowest BCUT2D eigenvalue weighted by atomic mass is 10.2. The summed E-state index contributed by atoms with van der Waals surface area (Å²) in [5.41, 5.74) is 3.13. The maximum atomic E-state index is 11.9. The number of pyridine rings is 1. The van der Waals surface area contributed by atoms with Crippen molar-refractivity contribution in [3.63, 3.8) is 0 Å². The van der Waals surface area contributed by atoms with Gasteiger partial charge in [-0.15, -0.1) is 0 Å². The van der Waals surface area contributed by atoms with Gasteiger partial charge in [-0.25, -0.2) is 9.78 Å². The number of hydrogen-bond acceptors (Lipinski definition) is 9. The van der Waals surface area contributed by atoms with E-state index in [4.69, 9.17) is 37.9 Å². The number of halogens is 2. The number of rotatable bonds is 8. The number of benzene rings is 1. The van der Waals surface area contributed by atoms with E-state index in [0.717, 1.165) is 18.4 Å². The van der Waals surface area contributed by atoms with E-state index < -0.39 is 17.7 Å². The molecular formula is C21H19Cl2N5O5. The number of ether oxygens (including phenoxy) is 3. The summed E-state index contributed by atoms with van der Waals surface area (Å²) in [4.78, 5) is 27.5. The van der Waals surface area contributed by atoms with Crippen LogP contribution in [0.3, 0.4) is 0 Å². The number of hydrogen-bond donors (Lipinski definition) is 2. The molecule has 0 bridgehead atoms. The SMILES string of the molecule is CCOC(=O)NC(=O)/C(C#N)=N\Nc1cc(Cl)c(Oc2cnc(OC)c(C3CC3)c2)c(Cl)c1. The summed E-state index contributed by atoms with van der Waals surface area (Å²) in [6, 6.07) is 6.32. The van der Waals surface area contributed by atoms with Gasteiger partial charge in [0.1, 0.15) is 11.8 Å². The average molecular weight is 492 g/mol. The number of amides is 2. The molecule has 0 spiro atoms. The fourth-order valence-corrected chi connectivity index (χ4v) is 3.33. The van der Waals surface area contributed by atoms with Crippen LogP contribution in [0.15, 0.2) is 29.5 Å². The third-order valence-electron chi connectivity index (χ3n) is 4.39. The molecule has 33 heavy (non-hydrogen) atoms. The molecule has 1 aliphatic rings. The van der Waals surface area contributed by atoms with E-state index in [1.165, 1.54) is 18.3 Å². The highest BCUT2D eigenvalue weighted by atomic mass is 35.5. The Kier molecular flexibility index (Phi) is 7.92. The number of nitrogens with zero attached hydrogens (tertiary/aromatic N) is 3. The van der Waals surface area contributed by atoms with E-state index >= 15 is 0 Å². The van der Waals surface area contributed by atoms with Gasteiger partial charge < -0.3 is 14.2 Å². The van der Waals surface area contributed by atoms with Crippen molar-refractivity contribution >= 4 is 46.6 Å². The molecule has 10 nitrogen and oxygen atoms in total. The Morgan fingerprint density at radius 1 is 1.27 bits per heavy atom. The Morgan fingerprint density at radius 3 is 2.55 bits per heavy atom. The summed E-state index contributed by atoms with van der Waals surface area (Å²) in [5, 5.41) is 15.0. The zero-order valence-electron chi connectivity index (χ0n) is 17.6. The van der Waals surface area contributed by atoms with Crippen molar-refractivity contribution in [1.29, 1.82) is 5.26 Å². The van der Waals surface area contributed by atoms with Crippen LogP contribution >= 0.6 is 23.2 Å². The Labute approximate surface area is 199 Å². The van der Waals surface area contributed by atoms with Crippen LogP contribution in [0, 0.1) is 11.3 Å². The molecule has 2 amide bonds. The molecule has 1 saturated carbocycles. The van der Waals surface area contributed by atoms with Gasteiger partial charge in [0.15, 0.2) is 5.75 Å². The molecule has 0 unspecified atom stereocenters. The molecule has 0 atom stereocenters. The van der Waals surface area contributed by atoms with Crippen molar-refractivity contribution in [2.45, 2.75) is 25.7 Å². The van der Waals surface area contributed by atoms with Gasteiger partial charge >= 0.3 is 6.09 Å². The summed E-state index contributed by atoms with van der Waals surface area (Å²) in [6.07, 6.45) is 2.64. The number of nitrogens with one attached hydrogen (secondary N) is 2. The zero-order valence-corrected chi connectivity index (χ0v) is 19.2. The van der Waals surface area contributed by atoms with Gasteiger partial charge in [-0.1, -0.05) is 23.2 Å². The molecule has 1 aliphatic carbocycles. The second-order valence-corrected chi connectivity index (χ2v) is 7.59. The van der Waals surface area contributed by atoms with Crippen LogP contribution in [-0.2, 0) is 9.53 Å². The number of carbonyl (C=O) groups is 2. The molecule has 0 saturated heterocycles. The van der Waals surface area contributed by atoms with Crippen LogP contribution < -0.4 is 20.2 Å². The first-order chi connectivity index (χ1) is 15.9. The number of imide groups is 1. The maximum Gasteiger partial charge on any atom is 0.414 e. The molecule has 1 fully saturated rings. The predicted molar refractivity (Wildman–Crippen MR) is 121 cm³/mol. The van der Waals surface area contributed by atoms with Crippen LogP contribution in [0.2, 0.25) is 10.0 Å². The molecule has 3 rings (SSSR count). The molecule has 2 aromatic rings. The van der Waals surface area contributed by atoms with Gasteiger partial charge in [-0.2, -0.15) is 10.4 Å². The summed E-state index contributed by atoms with van der Waals surface area (Å²) in [6.45, 7) is 1.64. The molecular weight excluding hydrogens is 473 g/mol. The van der Waals surface area contributed by atoms with Gasteiger partial charge in [0.2, 0.25) is 11.6 Å². The monoisotopic (exact) mass is 491 g/mol. The van der Waals surface area contributed by atoms with Crippen molar-refractivity contribution in [3.8, 4) is 23.4 Å². The Balaban J connectivity index is 1.74. The number of aromatic nitrogens is 1. The van der Waals surface area contributed by atoms with Gasteiger partial charge in [-0.3, -0.25) is 15.5 Å². The molecule has 0 aliphatic heterocycles. The number of anilines is 1. The number of carbonyl (C=O) groups excluding carboxylic acids is 2. The van der Waals surface area contributed by atoms with Crippen molar-refractivity contribution in [3.05, 3.63) is 40.0 Å². The lowest BCUT2D eigenvalue weighted by Gasteiger charge is -2.13. The first-order valence-corrected chi connectivity index (χ1v) is 10.5. The molecule has 1 aromatic carbocycles. The third-order valence-corrected chi connectivity index (χ3v) is 4.95. The standard InChI is InChI=1S/C21H19Cl2N5O5/c1-3-32-21(30)26-19(29)17(9-24)28-27-12-6-15(22)18(16(23)7-12)33-13-8-14(11-4-5-11)20(31-2)25-10-13/h6-8,10-11,27H,3-5H2,1-2H3,(H,26,29,30)/b28-17-. The van der Waals surface area contributed by atoms with Gasteiger partial charge in [-0.05, 0) is 43.9 Å². The molecule has 1 heterocycles. The number of hydrazone groups is 1. The van der Waals surface area contributed by atoms with Crippen LogP contribution in [0.25, 0.3) is 0 Å². The molecule has 12 heteroatoms. The van der Waals surface area contributed by atoms with Crippen molar-refractivity contribution in [1.82, 2.24) is 10.3 Å². The topological polar surface area (TPSA) is 135 Å². The summed E-state index contributed by atoms with van der Waals surface area (Å²) in [7, 11) is 1.56. The van der Waals surface area contributed by atoms with Crippen LogP contribution in [0.1, 0.15) is 31.2 Å². The van der Waals surface area contributed by atoms with Gasteiger partial charge in [0, 0.05) is 5.56 Å². The highest BCUT2D eigenvalue weighted by Crippen LogP contribution is 2.46. The second kappa shape index (κ2) is 10.8. The summed E-state index contributed by atoms with van der Waals surface area (Å²) < 4.78 is 15.7. The minimum atomic E-state index is -1.03. The number of alkyl carbamates (subject to hydrolysis) is 1. The lowest BCUT2D eigenvalue weighted by molar-refractivity contribution is -0.114. The third kappa shape index (κ3) is 6.25. The predicted octanol–water partition coefficient (Wildman–Crippen LogP) is 4.63. The molecule has 0 radical (unpaired) electrons. The first kappa shape index (κ1) is 24.1. The Morgan fingerprint density at radius 2 is 1.97 bits per heavy atom. The van der Waals surface area contributed by atoms with Crippen molar-refractivity contribution in [2.24, 2.45) is 5.10 Å². The fraction of sp³-hybridized carbons (Fsp3) is 0.286. The number of methoxy groups -OCH3 is 1. The molecule has 2 N–H and O–H groups in total. The highest BCUT2D eigenvalue weighted by Gasteiger charge is 2.28. The van der Waals surface area contributed by atoms with Crippen molar-refractivity contribution < 1.29 is 23.8 Å². The second-order valence-electron chi connectivity index (χ2n) is 6.77. The van der Waals surface area contributed by atoms with Gasteiger partial charge in [0.25, 0.3) is 5.91 Å². The average Bonchev–Trinajstić information content (AvgIpc) is 3.62. The summed E-state index contributed by atoms with van der Waals surface area (Å²) in [5.74, 6) is 0.560.